The second kappa shape index (κ2) is 5.55. The van der Waals surface area contributed by atoms with Gasteiger partial charge in [-0.1, -0.05) is 36.4 Å². The lowest BCUT2D eigenvalue weighted by molar-refractivity contribution is -0.116. The van der Waals surface area contributed by atoms with Crippen LogP contribution in [0.4, 0.5) is 5.69 Å². The van der Waals surface area contributed by atoms with Crippen molar-refractivity contribution < 1.29 is 4.79 Å². The molecule has 0 spiro atoms. The summed E-state index contributed by atoms with van der Waals surface area (Å²) in [7, 11) is 0. The van der Waals surface area contributed by atoms with Crippen LogP contribution in [0.15, 0.2) is 66.4 Å². The highest BCUT2D eigenvalue weighted by atomic mass is 16.1. The van der Waals surface area contributed by atoms with Crippen molar-refractivity contribution in [2.24, 2.45) is 0 Å². The maximum atomic E-state index is 12.8. The van der Waals surface area contributed by atoms with Crippen molar-refractivity contribution in [3.05, 3.63) is 77.5 Å². The predicted octanol–water partition coefficient (Wildman–Crippen LogP) is 4.91. The molecule has 0 radical (unpaired) electrons. The first kappa shape index (κ1) is 14.4. The van der Waals surface area contributed by atoms with E-state index in [9.17, 15) is 4.79 Å². The van der Waals surface area contributed by atoms with Gasteiger partial charge in [0, 0.05) is 34.8 Å². The van der Waals surface area contributed by atoms with Crippen molar-refractivity contribution >= 4 is 27.9 Å². The van der Waals surface area contributed by atoms with Crippen LogP contribution in [0.2, 0.25) is 0 Å². The average molecular weight is 326 g/mol. The van der Waals surface area contributed by atoms with Gasteiger partial charge in [-0.3, -0.25) is 9.78 Å². The lowest BCUT2D eigenvalue weighted by atomic mass is 9.77. The Balaban J connectivity index is 1.81. The number of Topliss-reactive ketones (excluding diaryl/α,β-unsaturated/α-hetero) is 1. The normalized spacial score (nSPS) is 19.4. The van der Waals surface area contributed by atoms with Crippen molar-refractivity contribution in [2.75, 3.05) is 5.32 Å². The number of rotatable bonds is 1. The standard InChI is InChI=1S/C22H18N2O/c25-19-10-4-8-16-20-15-9-5-13-23-17(15)11-12-18(20)24-22(21(16)19)14-6-2-1-3-7-14/h1-3,5-7,9,11-13,22,24H,4,8,10H2/t22-/m0/s1. The van der Waals surface area contributed by atoms with E-state index in [2.05, 4.69) is 40.6 Å². The molecule has 0 saturated carbocycles. The molecule has 2 heterocycles. The van der Waals surface area contributed by atoms with E-state index >= 15 is 0 Å². The van der Waals surface area contributed by atoms with Crippen molar-refractivity contribution in [3.63, 3.8) is 0 Å². The highest BCUT2D eigenvalue weighted by Gasteiger charge is 2.34. The fourth-order valence-corrected chi connectivity index (χ4v) is 4.18. The largest absolute Gasteiger partial charge is 0.373 e. The summed E-state index contributed by atoms with van der Waals surface area (Å²) >= 11 is 0. The number of nitrogens with zero attached hydrogens (tertiary/aromatic N) is 1. The summed E-state index contributed by atoms with van der Waals surface area (Å²) in [6.07, 6.45) is 4.34. The molecule has 1 aliphatic carbocycles. The third kappa shape index (κ3) is 2.19. The van der Waals surface area contributed by atoms with Crippen molar-refractivity contribution in [3.8, 4) is 0 Å². The summed E-state index contributed by atoms with van der Waals surface area (Å²) in [5.41, 5.74) is 6.54. The van der Waals surface area contributed by atoms with Gasteiger partial charge in [0.25, 0.3) is 0 Å². The topological polar surface area (TPSA) is 42.0 Å². The molecule has 1 N–H and O–H groups in total. The number of benzene rings is 2. The van der Waals surface area contributed by atoms with E-state index in [1.54, 1.807) is 0 Å². The summed E-state index contributed by atoms with van der Waals surface area (Å²) in [6, 6.07) is 18.4. The summed E-state index contributed by atoms with van der Waals surface area (Å²) in [6.45, 7) is 0. The first-order valence-corrected chi connectivity index (χ1v) is 8.79. The number of pyridine rings is 1. The number of anilines is 1. The molecule has 0 saturated heterocycles. The highest BCUT2D eigenvalue weighted by molar-refractivity contribution is 6.12. The second-order valence-corrected chi connectivity index (χ2v) is 6.72. The van der Waals surface area contributed by atoms with Gasteiger partial charge < -0.3 is 5.32 Å². The molecule has 2 aromatic carbocycles. The van der Waals surface area contributed by atoms with Gasteiger partial charge in [0.2, 0.25) is 0 Å². The fraction of sp³-hybridized carbons (Fsp3) is 0.182. The van der Waals surface area contributed by atoms with Crippen molar-refractivity contribution in [2.45, 2.75) is 25.3 Å². The first-order valence-electron chi connectivity index (χ1n) is 8.79. The monoisotopic (exact) mass is 326 g/mol. The minimum atomic E-state index is -0.0642. The Labute approximate surface area is 146 Å². The summed E-state index contributed by atoms with van der Waals surface area (Å²) in [5, 5.41) is 4.75. The van der Waals surface area contributed by atoms with E-state index in [0.717, 1.165) is 40.6 Å². The lowest BCUT2D eigenvalue weighted by Crippen LogP contribution is -2.27. The lowest BCUT2D eigenvalue weighted by Gasteiger charge is -2.35. The minimum absolute atomic E-state index is 0.0642. The van der Waals surface area contributed by atoms with Gasteiger partial charge in [-0.2, -0.15) is 0 Å². The summed E-state index contributed by atoms with van der Waals surface area (Å²) < 4.78 is 0. The van der Waals surface area contributed by atoms with Crippen LogP contribution < -0.4 is 5.32 Å². The number of allylic oxidation sites excluding steroid dienone is 1. The van der Waals surface area contributed by atoms with E-state index in [1.807, 2.05) is 30.5 Å². The number of hydrogen-bond acceptors (Lipinski definition) is 3. The molecule has 0 bridgehead atoms. The molecule has 3 aromatic rings. The third-order valence-electron chi connectivity index (χ3n) is 5.26. The van der Waals surface area contributed by atoms with E-state index < -0.39 is 0 Å². The number of hydrogen-bond donors (Lipinski definition) is 1. The van der Waals surface area contributed by atoms with Crippen LogP contribution in [0.25, 0.3) is 16.5 Å². The zero-order valence-corrected chi connectivity index (χ0v) is 13.8. The SMILES string of the molecule is O=C1CCCC2=C1[C@H](c1ccccc1)Nc1ccc3ncccc3c12. The van der Waals surface area contributed by atoms with Crippen LogP contribution in [0.5, 0.6) is 0 Å². The Morgan fingerprint density at radius 3 is 2.72 bits per heavy atom. The Morgan fingerprint density at radius 2 is 1.84 bits per heavy atom. The molecular weight excluding hydrogens is 308 g/mol. The number of aromatic nitrogens is 1. The second-order valence-electron chi connectivity index (χ2n) is 6.72. The minimum Gasteiger partial charge on any atom is -0.373 e. The number of nitrogens with one attached hydrogen (secondary N) is 1. The van der Waals surface area contributed by atoms with E-state index in [1.165, 1.54) is 11.1 Å². The molecule has 122 valence electrons. The molecular formula is C22H18N2O. The van der Waals surface area contributed by atoms with Gasteiger partial charge in [-0.25, -0.2) is 0 Å². The maximum absolute atomic E-state index is 12.8. The number of ketones is 1. The molecule has 25 heavy (non-hydrogen) atoms. The number of carbonyl (C=O) groups excluding carboxylic acids is 1. The predicted molar refractivity (Wildman–Crippen MR) is 100 cm³/mol. The number of fused-ring (bicyclic) bond motifs is 4. The Bertz CT molecular complexity index is 1020. The zero-order chi connectivity index (χ0) is 16.8. The van der Waals surface area contributed by atoms with Gasteiger partial charge >= 0.3 is 0 Å². The van der Waals surface area contributed by atoms with Gasteiger partial charge in [-0.05, 0) is 42.2 Å². The highest BCUT2D eigenvalue weighted by Crippen LogP contribution is 2.47. The molecule has 3 nitrogen and oxygen atoms in total. The van der Waals surface area contributed by atoms with Crippen LogP contribution in [0, 0.1) is 0 Å². The smallest absolute Gasteiger partial charge is 0.161 e. The third-order valence-corrected chi connectivity index (χ3v) is 5.26. The number of carbonyl (C=O) groups is 1. The van der Waals surface area contributed by atoms with Crippen LogP contribution in [0.3, 0.4) is 0 Å². The quantitative estimate of drug-likeness (QED) is 0.691. The van der Waals surface area contributed by atoms with E-state index in [-0.39, 0.29) is 11.8 Å². The molecule has 1 atom stereocenters. The van der Waals surface area contributed by atoms with E-state index in [0.29, 0.717) is 6.42 Å². The molecule has 1 aromatic heterocycles. The summed E-state index contributed by atoms with van der Waals surface area (Å²) in [5.74, 6) is 0.272. The molecule has 0 amide bonds. The molecule has 1 aliphatic heterocycles. The summed E-state index contributed by atoms with van der Waals surface area (Å²) in [4.78, 5) is 17.3. The Morgan fingerprint density at radius 1 is 0.960 bits per heavy atom. The Kier molecular flexibility index (Phi) is 3.20. The van der Waals surface area contributed by atoms with Crippen LogP contribution in [-0.4, -0.2) is 10.8 Å². The zero-order valence-electron chi connectivity index (χ0n) is 13.8. The molecule has 3 heteroatoms. The van der Waals surface area contributed by atoms with Gasteiger partial charge in [-0.15, -0.1) is 0 Å². The van der Waals surface area contributed by atoms with Crippen LogP contribution >= 0.6 is 0 Å². The van der Waals surface area contributed by atoms with Crippen molar-refractivity contribution in [1.82, 2.24) is 4.98 Å². The molecule has 0 fully saturated rings. The van der Waals surface area contributed by atoms with Gasteiger partial charge in [0.1, 0.15) is 0 Å². The molecule has 2 aliphatic rings. The average Bonchev–Trinajstić information content (AvgIpc) is 2.68. The molecule has 5 rings (SSSR count). The van der Waals surface area contributed by atoms with Gasteiger partial charge in [0.15, 0.2) is 5.78 Å². The fourth-order valence-electron chi connectivity index (χ4n) is 4.18. The molecule has 0 unspecified atom stereocenters. The Hall–Kier alpha value is -2.94. The van der Waals surface area contributed by atoms with Gasteiger partial charge in [0.05, 0.1) is 11.6 Å². The maximum Gasteiger partial charge on any atom is 0.161 e. The van der Waals surface area contributed by atoms with E-state index in [4.69, 9.17) is 0 Å². The van der Waals surface area contributed by atoms with Crippen molar-refractivity contribution in [1.29, 1.82) is 0 Å². The van der Waals surface area contributed by atoms with Crippen LogP contribution in [0.1, 0.15) is 36.4 Å². The first-order chi connectivity index (χ1) is 12.3. The van der Waals surface area contributed by atoms with Crippen LogP contribution in [-0.2, 0) is 4.79 Å².